The van der Waals surface area contributed by atoms with Gasteiger partial charge >= 0.3 is 5.97 Å². The van der Waals surface area contributed by atoms with Crippen LogP contribution in [0.3, 0.4) is 0 Å². The fraction of sp³-hybridized carbons (Fsp3) is 0.714. The number of thiazole rings is 1. The standard InChI is InChI=1S/C14H21NO2S/c1-3-10-5-7-11(8-6-10)13-15-12(9-18-13)14(16)17-4-2/h9-11H,3-8H2,1-2H3. The predicted octanol–water partition coefficient (Wildman–Crippen LogP) is 4.00. The van der Waals surface area contributed by atoms with Gasteiger partial charge in [0.25, 0.3) is 0 Å². The number of nitrogens with zero attached hydrogens (tertiary/aromatic N) is 1. The molecular weight excluding hydrogens is 246 g/mol. The second-order valence-electron chi connectivity index (χ2n) is 4.92. The van der Waals surface area contributed by atoms with Crippen molar-refractivity contribution in [1.29, 1.82) is 0 Å². The first kappa shape index (κ1) is 13.5. The number of carbonyl (C=O) groups is 1. The number of hydrogen-bond donors (Lipinski definition) is 0. The first-order valence-electron chi connectivity index (χ1n) is 6.87. The normalized spacial score (nSPS) is 23.9. The van der Waals surface area contributed by atoms with Gasteiger partial charge in [0.05, 0.1) is 11.6 Å². The van der Waals surface area contributed by atoms with E-state index in [4.69, 9.17) is 4.74 Å². The molecule has 0 aliphatic heterocycles. The van der Waals surface area contributed by atoms with Crippen molar-refractivity contribution in [1.82, 2.24) is 4.98 Å². The van der Waals surface area contributed by atoms with E-state index in [-0.39, 0.29) is 5.97 Å². The van der Waals surface area contributed by atoms with Gasteiger partial charge in [0, 0.05) is 11.3 Å². The molecule has 1 saturated carbocycles. The van der Waals surface area contributed by atoms with Gasteiger partial charge < -0.3 is 4.74 Å². The van der Waals surface area contributed by atoms with Gasteiger partial charge in [0.15, 0.2) is 5.69 Å². The van der Waals surface area contributed by atoms with E-state index in [2.05, 4.69) is 11.9 Å². The molecule has 100 valence electrons. The van der Waals surface area contributed by atoms with E-state index < -0.39 is 0 Å². The largest absolute Gasteiger partial charge is 0.461 e. The zero-order chi connectivity index (χ0) is 13.0. The quantitative estimate of drug-likeness (QED) is 0.774. The van der Waals surface area contributed by atoms with Crippen molar-refractivity contribution < 1.29 is 9.53 Å². The lowest BCUT2D eigenvalue weighted by atomic mass is 9.81. The van der Waals surface area contributed by atoms with Crippen LogP contribution in [-0.2, 0) is 4.74 Å². The van der Waals surface area contributed by atoms with E-state index in [0.29, 0.717) is 18.2 Å². The summed E-state index contributed by atoms with van der Waals surface area (Å²) >= 11 is 1.61. The highest BCUT2D eigenvalue weighted by molar-refractivity contribution is 7.09. The average Bonchev–Trinajstić information content (AvgIpc) is 2.89. The topological polar surface area (TPSA) is 39.2 Å². The molecule has 0 bridgehead atoms. The van der Waals surface area contributed by atoms with Crippen LogP contribution in [0.15, 0.2) is 5.38 Å². The average molecular weight is 267 g/mol. The molecule has 18 heavy (non-hydrogen) atoms. The summed E-state index contributed by atoms with van der Waals surface area (Å²) in [6.45, 7) is 4.50. The zero-order valence-electron chi connectivity index (χ0n) is 11.1. The summed E-state index contributed by atoms with van der Waals surface area (Å²) in [6, 6.07) is 0. The Balaban J connectivity index is 1.96. The van der Waals surface area contributed by atoms with Gasteiger partial charge in [-0.3, -0.25) is 0 Å². The third-order valence-electron chi connectivity index (χ3n) is 3.78. The number of ether oxygens (including phenoxy) is 1. The molecule has 1 fully saturated rings. The highest BCUT2D eigenvalue weighted by Gasteiger charge is 2.24. The fourth-order valence-electron chi connectivity index (χ4n) is 2.59. The molecule has 0 N–H and O–H groups in total. The third-order valence-corrected chi connectivity index (χ3v) is 4.79. The molecular formula is C14H21NO2S. The SMILES string of the molecule is CCOC(=O)c1csc(C2CCC(CC)CC2)n1. The molecule has 1 aliphatic carbocycles. The molecule has 1 aromatic rings. The maximum atomic E-state index is 11.6. The van der Waals surface area contributed by atoms with Crippen LogP contribution in [0.4, 0.5) is 0 Å². The van der Waals surface area contributed by atoms with E-state index >= 15 is 0 Å². The smallest absolute Gasteiger partial charge is 0.357 e. The lowest BCUT2D eigenvalue weighted by Crippen LogP contribution is -2.13. The van der Waals surface area contributed by atoms with Crippen LogP contribution in [0.5, 0.6) is 0 Å². The van der Waals surface area contributed by atoms with Gasteiger partial charge in [-0.15, -0.1) is 11.3 Å². The summed E-state index contributed by atoms with van der Waals surface area (Å²) < 4.78 is 4.97. The van der Waals surface area contributed by atoms with Crippen molar-refractivity contribution in [2.24, 2.45) is 5.92 Å². The number of rotatable bonds is 4. The molecule has 1 aromatic heterocycles. The highest BCUT2D eigenvalue weighted by atomic mass is 32.1. The van der Waals surface area contributed by atoms with Gasteiger partial charge in [0.2, 0.25) is 0 Å². The van der Waals surface area contributed by atoms with E-state index in [9.17, 15) is 4.79 Å². The summed E-state index contributed by atoms with van der Waals surface area (Å²) in [5.74, 6) is 1.16. The van der Waals surface area contributed by atoms with Crippen molar-refractivity contribution in [3.63, 3.8) is 0 Å². The van der Waals surface area contributed by atoms with Crippen LogP contribution in [-0.4, -0.2) is 17.6 Å². The summed E-state index contributed by atoms with van der Waals surface area (Å²) in [6.07, 6.45) is 6.33. The molecule has 0 amide bonds. The minimum absolute atomic E-state index is 0.290. The number of aromatic nitrogens is 1. The van der Waals surface area contributed by atoms with Crippen molar-refractivity contribution in [3.05, 3.63) is 16.1 Å². The molecule has 0 saturated heterocycles. The van der Waals surface area contributed by atoms with Crippen molar-refractivity contribution in [3.8, 4) is 0 Å². The first-order chi connectivity index (χ1) is 8.74. The number of hydrogen-bond acceptors (Lipinski definition) is 4. The van der Waals surface area contributed by atoms with Crippen molar-refractivity contribution in [2.45, 2.75) is 51.9 Å². The summed E-state index contributed by atoms with van der Waals surface area (Å²) in [7, 11) is 0. The van der Waals surface area contributed by atoms with Gasteiger partial charge in [-0.2, -0.15) is 0 Å². The Hall–Kier alpha value is -0.900. The molecule has 1 heterocycles. The Bertz CT molecular complexity index is 394. The van der Waals surface area contributed by atoms with Crippen LogP contribution >= 0.6 is 11.3 Å². The Morgan fingerprint density at radius 2 is 2.11 bits per heavy atom. The van der Waals surface area contributed by atoms with E-state index in [0.717, 1.165) is 10.9 Å². The Kier molecular flexibility index (Phi) is 4.75. The number of esters is 1. The minimum Gasteiger partial charge on any atom is -0.461 e. The van der Waals surface area contributed by atoms with Gasteiger partial charge in [-0.1, -0.05) is 13.3 Å². The second-order valence-corrected chi connectivity index (χ2v) is 5.81. The first-order valence-corrected chi connectivity index (χ1v) is 7.75. The molecule has 4 heteroatoms. The number of carbonyl (C=O) groups excluding carboxylic acids is 1. The molecule has 2 rings (SSSR count). The second kappa shape index (κ2) is 6.32. The minimum atomic E-state index is -0.290. The molecule has 3 nitrogen and oxygen atoms in total. The van der Waals surface area contributed by atoms with Crippen LogP contribution in [0.2, 0.25) is 0 Å². The summed E-state index contributed by atoms with van der Waals surface area (Å²) in [5.41, 5.74) is 0.481. The maximum absolute atomic E-state index is 11.6. The maximum Gasteiger partial charge on any atom is 0.357 e. The van der Waals surface area contributed by atoms with Gasteiger partial charge in [-0.05, 0) is 38.5 Å². The molecule has 0 spiro atoms. The molecule has 0 radical (unpaired) electrons. The van der Waals surface area contributed by atoms with Crippen LogP contribution < -0.4 is 0 Å². The predicted molar refractivity (Wildman–Crippen MR) is 73.1 cm³/mol. The molecule has 0 unspecified atom stereocenters. The summed E-state index contributed by atoms with van der Waals surface area (Å²) in [5, 5.41) is 2.95. The molecule has 1 aliphatic rings. The van der Waals surface area contributed by atoms with E-state index in [1.165, 1.54) is 32.1 Å². The van der Waals surface area contributed by atoms with Gasteiger partial charge in [-0.25, -0.2) is 9.78 Å². The van der Waals surface area contributed by atoms with Crippen molar-refractivity contribution in [2.75, 3.05) is 6.61 Å². The monoisotopic (exact) mass is 267 g/mol. The lowest BCUT2D eigenvalue weighted by Gasteiger charge is -2.26. The van der Waals surface area contributed by atoms with Crippen molar-refractivity contribution >= 4 is 17.3 Å². The Morgan fingerprint density at radius 1 is 1.39 bits per heavy atom. The highest BCUT2D eigenvalue weighted by Crippen LogP contribution is 2.38. The third kappa shape index (κ3) is 3.10. The fourth-order valence-corrected chi connectivity index (χ4v) is 3.55. The van der Waals surface area contributed by atoms with Crippen LogP contribution in [0.1, 0.15) is 67.4 Å². The van der Waals surface area contributed by atoms with Gasteiger partial charge in [0.1, 0.15) is 0 Å². The Labute approximate surface area is 113 Å². The van der Waals surface area contributed by atoms with E-state index in [1.807, 2.05) is 12.3 Å². The van der Waals surface area contributed by atoms with Crippen LogP contribution in [0.25, 0.3) is 0 Å². The molecule has 0 atom stereocenters. The zero-order valence-corrected chi connectivity index (χ0v) is 12.0. The molecule has 0 aromatic carbocycles. The summed E-state index contributed by atoms with van der Waals surface area (Å²) in [4.78, 5) is 16.0. The van der Waals surface area contributed by atoms with E-state index in [1.54, 1.807) is 11.3 Å². The Morgan fingerprint density at radius 3 is 2.72 bits per heavy atom. The lowest BCUT2D eigenvalue weighted by molar-refractivity contribution is 0.0520. The van der Waals surface area contributed by atoms with Crippen LogP contribution in [0, 0.1) is 5.92 Å².